The Bertz CT molecular complexity index is 1320. The SMILES string of the molecule is CCOC(=O)C1=C(C)Nc2nc(SCc3ccc([N+](=O)[O-])cc3)[nH]c(=O)c2[C@@H]1c1ccncc1. The summed E-state index contributed by atoms with van der Waals surface area (Å²) < 4.78 is 5.26. The zero-order valence-electron chi connectivity index (χ0n) is 18.4. The molecule has 2 aromatic heterocycles. The number of aromatic amines is 1. The van der Waals surface area contributed by atoms with Crippen LogP contribution in [0.4, 0.5) is 11.5 Å². The molecule has 11 heteroatoms. The van der Waals surface area contributed by atoms with Crippen molar-refractivity contribution in [1.82, 2.24) is 15.0 Å². The van der Waals surface area contributed by atoms with Gasteiger partial charge in [0, 0.05) is 36.0 Å². The Kier molecular flexibility index (Phi) is 6.73. The smallest absolute Gasteiger partial charge is 0.336 e. The number of esters is 1. The molecule has 0 unspecified atom stereocenters. The second kappa shape index (κ2) is 9.87. The van der Waals surface area contributed by atoms with Gasteiger partial charge in [-0.1, -0.05) is 23.9 Å². The zero-order valence-corrected chi connectivity index (χ0v) is 19.2. The van der Waals surface area contributed by atoms with E-state index in [0.29, 0.717) is 33.6 Å². The van der Waals surface area contributed by atoms with E-state index in [2.05, 4.69) is 20.3 Å². The summed E-state index contributed by atoms with van der Waals surface area (Å²) in [4.78, 5) is 47.8. The molecule has 0 spiro atoms. The van der Waals surface area contributed by atoms with Crippen molar-refractivity contribution in [3.05, 3.63) is 97.2 Å². The number of fused-ring (bicyclic) bond motifs is 1. The molecule has 1 aromatic carbocycles. The maximum atomic E-state index is 13.2. The molecular formula is C23H21N5O5S. The summed E-state index contributed by atoms with van der Waals surface area (Å²) in [6.07, 6.45) is 3.20. The van der Waals surface area contributed by atoms with Crippen LogP contribution >= 0.6 is 11.8 Å². The summed E-state index contributed by atoms with van der Waals surface area (Å²) in [7, 11) is 0. The second-order valence-electron chi connectivity index (χ2n) is 7.44. The van der Waals surface area contributed by atoms with Crippen LogP contribution in [0.3, 0.4) is 0 Å². The van der Waals surface area contributed by atoms with Gasteiger partial charge in [0.15, 0.2) is 5.16 Å². The van der Waals surface area contributed by atoms with Gasteiger partial charge >= 0.3 is 5.97 Å². The first-order valence-corrected chi connectivity index (χ1v) is 11.4. The lowest BCUT2D eigenvalue weighted by Crippen LogP contribution is -2.31. The number of ether oxygens (including phenoxy) is 1. The highest BCUT2D eigenvalue weighted by atomic mass is 32.2. The fourth-order valence-corrected chi connectivity index (χ4v) is 4.55. The third-order valence-electron chi connectivity index (χ3n) is 5.28. The van der Waals surface area contributed by atoms with Gasteiger partial charge in [-0.25, -0.2) is 9.78 Å². The van der Waals surface area contributed by atoms with Crippen LogP contribution in [0.15, 0.2) is 70.0 Å². The molecular weight excluding hydrogens is 458 g/mol. The van der Waals surface area contributed by atoms with Crippen LogP contribution in [0.1, 0.15) is 36.5 Å². The van der Waals surface area contributed by atoms with Crippen molar-refractivity contribution in [2.45, 2.75) is 30.7 Å². The maximum absolute atomic E-state index is 13.2. The van der Waals surface area contributed by atoms with Gasteiger partial charge < -0.3 is 15.0 Å². The normalized spacial score (nSPS) is 14.8. The number of hydrogen-bond donors (Lipinski definition) is 2. The Labute approximate surface area is 198 Å². The number of anilines is 1. The number of carbonyl (C=O) groups is 1. The summed E-state index contributed by atoms with van der Waals surface area (Å²) in [5.41, 5.74) is 2.42. The van der Waals surface area contributed by atoms with Gasteiger partial charge in [-0.3, -0.25) is 19.9 Å². The molecule has 0 bridgehead atoms. The number of pyridine rings is 1. The number of hydrogen-bond acceptors (Lipinski definition) is 9. The van der Waals surface area contributed by atoms with Crippen LogP contribution in [0.5, 0.6) is 0 Å². The summed E-state index contributed by atoms with van der Waals surface area (Å²) >= 11 is 1.29. The number of benzene rings is 1. The number of nitro benzene ring substituents is 1. The van der Waals surface area contributed by atoms with E-state index in [1.807, 2.05) is 0 Å². The average Bonchev–Trinajstić information content (AvgIpc) is 2.82. The first-order valence-electron chi connectivity index (χ1n) is 10.4. The van der Waals surface area contributed by atoms with E-state index in [0.717, 1.165) is 11.1 Å². The van der Waals surface area contributed by atoms with E-state index in [1.165, 1.54) is 23.9 Å². The molecule has 2 N–H and O–H groups in total. The quantitative estimate of drug-likeness (QED) is 0.170. The van der Waals surface area contributed by atoms with Crippen LogP contribution in [0, 0.1) is 10.1 Å². The summed E-state index contributed by atoms with van der Waals surface area (Å²) in [6, 6.07) is 9.71. The van der Waals surface area contributed by atoms with Crippen molar-refractivity contribution in [2.75, 3.05) is 11.9 Å². The summed E-state index contributed by atoms with van der Waals surface area (Å²) in [6.45, 7) is 3.68. The Balaban J connectivity index is 1.68. The average molecular weight is 480 g/mol. The monoisotopic (exact) mass is 479 g/mol. The number of thioether (sulfide) groups is 1. The highest BCUT2D eigenvalue weighted by Crippen LogP contribution is 2.40. The summed E-state index contributed by atoms with van der Waals surface area (Å²) in [5, 5.41) is 14.3. The molecule has 4 rings (SSSR count). The van der Waals surface area contributed by atoms with Crippen LogP contribution in [-0.2, 0) is 15.3 Å². The molecule has 1 aliphatic heterocycles. The van der Waals surface area contributed by atoms with Gasteiger partial charge in [-0.15, -0.1) is 0 Å². The van der Waals surface area contributed by atoms with Gasteiger partial charge in [0.1, 0.15) is 5.82 Å². The van der Waals surface area contributed by atoms with E-state index in [9.17, 15) is 19.7 Å². The Hall–Kier alpha value is -3.99. The Morgan fingerprint density at radius 2 is 1.91 bits per heavy atom. The fourth-order valence-electron chi connectivity index (χ4n) is 3.73. The second-order valence-corrected chi connectivity index (χ2v) is 8.41. The zero-order chi connectivity index (χ0) is 24.2. The highest BCUT2D eigenvalue weighted by Gasteiger charge is 2.36. The molecule has 0 aliphatic carbocycles. The molecule has 0 fully saturated rings. The molecule has 34 heavy (non-hydrogen) atoms. The van der Waals surface area contributed by atoms with E-state index in [4.69, 9.17) is 4.74 Å². The minimum atomic E-state index is -0.664. The number of non-ortho nitro benzene ring substituents is 1. The van der Waals surface area contributed by atoms with Gasteiger partial charge in [0.25, 0.3) is 11.2 Å². The van der Waals surface area contributed by atoms with Crippen LogP contribution in [0.2, 0.25) is 0 Å². The maximum Gasteiger partial charge on any atom is 0.336 e. The molecule has 0 radical (unpaired) electrons. The first kappa shape index (κ1) is 23.2. The standard InChI is InChI=1S/C23H21N5O5S/c1-3-33-22(30)17-13(2)25-20-19(18(17)15-8-10-24-11-9-15)21(29)27-23(26-20)34-12-14-4-6-16(7-5-14)28(31)32/h4-11,18H,3,12H2,1-2H3,(H2,25,26,27,29)/t18-/m1/s1. The number of nitro groups is 1. The van der Waals surface area contributed by atoms with Crippen LogP contribution in [0.25, 0.3) is 0 Å². The minimum absolute atomic E-state index is 0.0140. The molecule has 1 atom stereocenters. The van der Waals surface area contributed by atoms with Crippen molar-refractivity contribution < 1.29 is 14.5 Å². The Morgan fingerprint density at radius 1 is 1.21 bits per heavy atom. The van der Waals surface area contributed by atoms with Crippen molar-refractivity contribution in [2.24, 2.45) is 0 Å². The lowest BCUT2D eigenvalue weighted by atomic mass is 9.83. The predicted octanol–water partition coefficient (Wildman–Crippen LogP) is 3.76. The van der Waals surface area contributed by atoms with Crippen molar-refractivity contribution >= 4 is 29.2 Å². The van der Waals surface area contributed by atoms with Gasteiger partial charge in [-0.05, 0) is 37.1 Å². The highest BCUT2D eigenvalue weighted by molar-refractivity contribution is 7.98. The third kappa shape index (κ3) is 4.69. The first-order chi connectivity index (χ1) is 16.4. The number of carbonyl (C=O) groups excluding carboxylic acids is 1. The predicted molar refractivity (Wildman–Crippen MR) is 127 cm³/mol. The number of nitrogens with one attached hydrogen (secondary N) is 2. The molecule has 1 aliphatic rings. The minimum Gasteiger partial charge on any atom is -0.463 e. The number of rotatable bonds is 7. The largest absolute Gasteiger partial charge is 0.463 e. The number of aromatic nitrogens is 3. The molecule has 0 saturated carbocycles. The van der Waals surface area contributed by atoms with E-state index < -0.39 is 16.8 Å². The fraction of sp³-hybridized carbons (Fsp3) is 0.217. The number of H-pyrrole nitrogens is 1. The third-order valence-corrected chi connectivity index (χ3v) is 6.22. The van der Waals surface area contributed by atoms with Crippen molar-refractivity contribution in [3.8, 4) is 0 Å². The topological polar surface area (TPSA) is 140 Å². The van der Waals surface area contributed by atoms with Gasteiger partial charge in [0.2, 0.25) is 0 Å². The van der Waals surface area contributed by atoms with Crippen molar-refractivity contribution in [1.29, 1.82) is 0 Å². The van der Waals surface area contributed by atoms with Gasteiger partial charge in [-0.2, -0.15) is 0 Å². The van der Waals surface area contributed by atoms with E-state index in [1.54, 1.807) is 50.5 Å². The molecule has 10 nitrogen and oxygen atoms in total. The summed E-state index contributed by atoms with van der Waals surface area (Å²) in [5.74, 6) is -0.349. The van der Waals surface area contributed by atoms with E-state index >= 15 is 0 Å². The lowest BCUT2D eigenvalue weighted by molar-refractivity contribution is -0.384. The lowest BCUT2D eigenvalue weighted by Gasteiger charge is -2.28. The molecule has 3 heterocycles. The van der Waals surface area contributed by atoms with Crippen LogP contribution < -0.4 is 10.9 Å². The van der Waals surface area contributed by atoms with Gasteiger partial charge in [0.05, 0.1) is 28.6 Å². The molecule has 0 amide bonds. The van der Waals surface area contributed by atoms with Crippen molar-refractivity contribution in [3.63, 3.8) is 0 Å². The van der Waals surface area contributed by atoms with E-state index in [-0.39, 0.29) is 17.9 Å². The molecule has 174 valence electrons. The molecule has 0 saturated heterocycles. The number of nitrogens with zero attached hydrogens (tertiary/aromatic N) is 3. The number of allylic oxidation sites excluding steroid dienone is 1. The Morgan fingerprint density at radius 3 is 2.56 bits per heavy atom. The molecule has 3 aromatic rings. The van der Waals surface area contributed by atoms with Crippen LogP contribution in [-0.4, -0.2) is 32.5 Å².